The maximum Gasteiger partial charge on any atom is 0.261 e. The fraction of sp³-hybridized carbons (Fsp3) is 0.675. The number of nitrogens with zero attached hydrogens (tertiary/aromatic N) is 2. The number of likely N-dealkylation sites (N-methyl/N-ethyl adjacent to an activating group) is 1. The summed E-state index contributed by atoms with van der Waals surface area (Å²) in [6.45, 7) is 7.94. The van der Waals surface area contributed by atoms with Crippen molar-refractivity contribution in [1.29, 1.82) is 0 Å². The van der Waals surface area contributed by atoms with Gasteiger partial charge in [0.2, 0.25) is 0 Å². The van der Waals surface area contributed by atoms with E-state index in [4.69, 9.17) is 25.8 Å². The Hall–Kier alpha value is -2.17. The molecule has 5 aliphatic rings. The molecule has 2 aromatic carbocycles. The molecule has 0 aromatic heterocycles. The Morgan fingerprint density at radius 2 is 1.86 bits per heavy atom. The van der Waals surface area contributed by atoms with Crippen LogP contribution < -0.4 is 14.4 Å². The number of amides is 1. The number of nitrogens with one attached hydrogen (secondary N) is 1. The van der Waals surface area contributed by atoms with Gasteiger partial charge in [-0.25, -0.2) is 0 Å². The zero-order chi connectivity index (χ0) is 35.4. The molecule has 10 heteroatoms. The summed E-state index contributed by atoms with van der Waals surface area (Å²) in [4.78, 5) is 18.7. The summed E-state index contributed by atoms with van der Waals surface area (Å²) in [5.41, 5.74) is 3.90. The first kappa shape index (κ1) is 36.2. The second-order valence-corrected chi connectivity index (χ2v) is 22.4. The first-order valence-corrected chi connectivity index (χ1v) is 22.1. The van der Waals surface area contributed by atoms with Crippen LogP contribution in [0.25, 0.3) is 0 Å². The first-order valence-electron chi connectivity index (χ1n) is 18.9. The van der Waals surface area contributed by atoms with Crippen molar-refractivity contribution < 1.29 is 23.2 Å². The van der Waals surface area contributed by atoms with Gasteiger partial charge in [0.05, 0.1) is 25.0 Å². The number of hydrogen-bond donors (Lipinski definition) is 1. The Bertz CT molecular complexity index is 1660. The Morgan fingerprint density at radius 3 is 2.62 bits per heavy atom. The van der Waals surface area contributed by atoms with Crippen LogP contribution in [-0.4, -0.2) is 92.1 Å². The number of fused-ring (bicyclic) bond motifs is 4. The Kier molecular flexibility index (Phi) is 9.90. The van der Waals surface area contributed by atoms with Gasteiger partial charge in [0.15, 0.2) is 6.29 Å². The molecule has 0 radical (unpaired) electrons. The van der Waals surface area contributed by atoms with Crippen molar-refractivity contribution >= 4 is 32.4 Å². The van der Waals surface area contributed by atoms with Crippen LogP contribution in [0.15, 0.2) is 36.4 Å². The Morgan fingerprint density at radius 1 is 1.04 bits per heavy atom. The zero-order valence-electron chi connectivity index (χ0n) is 30.9. The van der Waals surface area contributed by atoms with Crippen molar-refractivity contribution in [1.82, 2.24) is 9.62 Å². The maximum atomic E-state index is 14.6. The summed E-state index contributed by atoms with van der Waals surface area (Å²) in [6, 6.07) is 12.1. The second kappa shape index (κ2) is 13.7. The van der Waals surface area contributed by atoms with Crippen LogP contribution in [0.1, 0.15) is 80.3 Å². The lowest BCUT2D eigenvalue weighted by molar-refractivity contribution is -0.134. The van der Waals surface area contributed by atoms with Gasteiger partial charge in [-0.15, -0.1) is 0 Å². The van der Waals surface area contributed by atoms with Crippen molar-refractivity contribution in [3.8, 4) is 5.75 Å². The number of carbonyl (C=O) groups excluding carboxylic acids is 1. The van der Waals surface area contributed by atoms with Gasteiger partial charge >= 0.3 is 0 Å². The van der Waals surface area contributed by atoms with Crippen molar-refractivity contribution in [3.63, 3.8) is 0 Å². The highest BCUT2D eigenvalue weighted by Crippen LogP contribution is 2.49. The van der Waals surface area contributed by atoms with E-state index in [1.807, 2.05) is 31.2 Å². The third-order valence-electron chi connectivity index (χ3n) is 12.9. The molecule has 2 fully saturated rings. The van der Waals surface area contributed by atoms with Crippen LogP contribution in [0.2, 0.25) is 5.02 Å². The third-order valence-corrected chi connectivity index (χ3v) is 16.6. The molecule has 276 valence electrons. The molecule has 1 saturated carbocycles. The number of carbonyl (C=O) groups is 1. The van der Waals surface area contributed by atoms with E-state index in [9.17, 15) is 9.00 Å². The minimum Gasteiger partial charge on any atom is -0.490 e. The van der Waals surface area contributed by atoms with Gasteiger partial charge in [0.1, 0.15) is 5.75 Å². The third kappa shape index (κ3) is 7.11. The van der Waals surface area contributed by atoms with Gasteiger partial charge in [0, 0.05) is 59.3 Å². The molecule has 1 unspecified atom stereocenters. The summed E-state index contributed by atoms with van der Waals surface area (Å²) < 4.78 is 37.6. The van der Waals surface area contributed by atoms with Gasteiger partial charge in [-0.05, 0) is 128 Å². The van der Waals surface area contributed by atoms with Gasteiger partial charge in [0.25, 0.3) is 5.91 Å². The second-order valence-electron chi connectivity index (χ2n) is 17.1. The molecule has 1 saturated heterocycles. The number of anilines is 1. The summed E-state index contributed by atoms with van der Waals surface area (Å²) in [7, 11) is 0.629. The molecule has 2 aliphatic carbocycles. The molecular formula is C40H58ClN3O5S. The first-order chi connectivity index (χ1) is 23.7. The Labute approximate surface area is 304 Å². The van der Waals surface area contributed by atoms with E-state index in [2.05, 4.69) is 47.7 Å². The van der Waals surface area contributed by atoms with Crippen LogP contribution >= 0.6 is 11.6 Å². The molecule has 1 amide bonds. The molecular weight excluding hydrogens is 670 g/mol. The van der Waals surface area contributed by atoms with Gasteiger partial charge < -0.3 is 24.0 Å². The lowest BCUT2D eigenvalue weighted by Crippen LogP contribution is -2.57. The average Bonchev–Trinajstić information content (AvgIpc) is 3.44. The molecule has 2 bridgehead atoms. The molecule has 7 rings (SSSR count). The predicted octanol–water partition coefficient (Wildman–Crippen LogP) is 6.69. The summed E-state index contributed by atoms with van der Waals surface area (Å²) in [6.07, 6.45) is 11.8. The minimum absolute atomic E-state index is 0.0787. The van der Waals surface area contributed by atoms with Crippen molar-refractivity contribution in [2.24, 2.45) is 23.7 Å². The topological polar surface area (TPSA) is 80.3 Å². The molecule has 8 atom stereocenters. The van der Waals surface area contributed by atoms with Crippen molar-refractivity contribution in [2.45, 2.75) is 88.3 Å². The average molecular weight is 728 g/mol. The van der Waals surface area contributed by atoms with Crippen LogP contribution in [0.3, 0.4) is 0 Å². The SMILES string of the molecule is C[C@@H]1[C@@H](C)CCC[C@H](C2OC[C@H](CN(C)C)O2)[C@@H]2CC[C@H]2CN2C[C@@]3(CCCc4cc(Cl)ccc43)COc3ccc(cc32)C(=O)NS1(C)(C)=O. The summed E-state index contributed by atoms with van der Waals surface area (Å²) >= 11 is 6.50. The van der Waals surface area contributed by atoms with Gasteiger partial charge in [-0.2, -0.15) is 0 Å². The minimum atomic E-state index is -3.54. The zero-order valence-corrected chi connectivity index (χ0v) is 32.5. The largest absolute Gasteiger partial charge is 0.490 e. The van der Waals surface area contributed by atoms with E-state index < -0.39 is 9.25 Å². The molecule has 3 aliphatic heterocycles. The molecule has 3 heterocycles. The highest BCUT2D eigenvalue weighted by molar-refractivity contribution is 8.18. The molecule has 50 heavy (non-hydrogen) atoms. The quantitative estimate of drug-likeness (QED) is 0.378. The fourth-order valence-corrected chi connectivity index (χ4v) is 12.2. The monoisotopic (exact) mass is 727 g/mol. The highest BCUT2D eigenvalue weighted by Gasteiger charge is 2.47. The van der Waals surface area contributed by atoms with E-state index in [0.717, 1.165) is 87.5 Å². The van der Waals surface area contributed by atoms with E-state index in [1.54, 1.807) is 12.5 Å². The van der Waals surface area contributed by atoms with Crippen molar-refractivity contribution in [3.05, 3.63) is 58.1 Å². The number of rotatable bonds is 3. The highest BCUT2D eigenvalue weighted by atomic mass is 35.5. The van der Waals surface area contributed by atoms with E-state index >= 15 is 0 Å². The normalized spacial score (nSPS) is 36.2. The smallest absolute Gasteiger partial charge is 0.261 e. The number of ether oxygens (including phenoxy) is 3. The van der Waals surface area contributed by atoms with Crippen LogP contribution in [0.4, 0.5) is 5.69 Å². The van der Waals surface area contributed by atoms with E-state index in [0.29, 0.717) is 36.5 Å². The van der Waals surface area contributed by atoms with E-state index in [-0.39, 0.29) is 34.9 Å². The number of halogens is 1. The van der Waals surface area contributed by atoms with Gasteiger partial charge in [-0.1, -0.05) is 37.9 Å². The van der Waals surface area contributed by atoms with Crippen LogP contribution in [-0.2, 0) is 30.6 Å². The number of benzene rings is 2. The van der Waals surface area contributed by atoms with Crippen LogP contribution in [0.5, 0.6) is 5.75 Å². The standard InChI is InChI=1S/C40H58ClN3O5S/c1-26-9-7-11-34(39-47-23-32(49-39)22-43(3)4)33-15-12-30(33)21-44-24-40(18-8-10-28-19-31(41)14-16-35(28)40)25-48-37-17-13-29(20-36(37)44)38(45)42-50(5,6,46)27(26)2/h13-14,16-17,19-20,26-27,30,32-34,39H,7-12,15,18,21-25H2,1-6H3,(H,42,45,46)/t26-,27+,30-,32-,33+,34-,39?,40-/m0/s1. The summed E-state index contributed by atoms with van der Waals surface area (Å²) in [5, 5.41) is 0.583. The molecule has 8 nitrogen and oxygen atoms in total. The number of hydrogen-bond acceptors (Lipinski definition) is 7. The number of aryl methyl sites for hydroxylation is 1. The Balaban J connectivity index is 1.28. The molecule has 1 spiro atoms. The van der Waals surface area contributed by atoms with Crippen LogP contribution in [0, 0.1) is 23.7 Å². The van der Waals surface area contributed by atoms with Gasteiger partial charge in [-0.3, -0.25) is 13.7 Å². The van der Waals surface area contributed by atoms with Crippen molar-refractivity contribution in [2.75, 3.05) is 64.4 Å². The maximum absolute atomic E-state index is 14.6. The predicted molar refractivity (Wildman–Crippen MR) is 203 cm³/mol. The lowest BCUT2D eigenvalue weighted by Gasteiger charge is -2.48. The van der Waals surface area contributed by atoms with E-state index in [1.165, 1.54) is 11.1 Å². The molecule has 2 aromatic rings. The lowest BCUT2D eigenvalue weighted by atomic mass is 9.64. The molecule has 1 N–H and O–H groups in total. The summed E-state index contributed by atoms with van der Waals surface area (Å²) in [5.74, 6) is 1.91. The fourth-order valence-electron chi connectivity index (χ4n) is 9.69.